The number of rotatable bonds is 2. The number of Topliss-reactive ketones (excluding diaryl/α,β-unsaturated/α-hetero) is 1. The van der Waals surface area contributed by atoms with Gasteiger partial charge in [-0.05, 0) is 12.0 Å². The van der Waals surface area contributed by atoms with Crippen LogP contribution in [0.4, 0.5) is 4.79 Å². The maximum atomic E-state index is 12.1. The van der Waals surface area contributed by atoms with Gasteiger partial charge >= 0.3 is 6.09 Å². The quantitative estimate of drug-likeness (QED) is 0.889. The molecule has 0 aromatic heterocycles. The molecule has 1 aromatic carbocycles. The van der Waals surface area contributed by atoms with Gasteiger partial charge < -0.3 is 10.0 Å². The molecule has 1 aliphatic rings. The predicted molar refractivity (Wildman–Crippen MR) is 72.0 cm³/mol. The van der Waals surface area contributed by atoms with E-state index in [1.807, 2.05) is 37.3 Å². The number of ketones is 1. The Hall–Kier alpha value is -1.84. The van der Waals surface area contributed by atoms with E-state index in [-0.39, 0.29) is 23.7 Å². The van der Waals surface area contributed by atoms with Crippen molar-refractivity contribution in [3.8, 4) is 0 Å². The van der Waals surface area contributed by atoms with Gasteiger partial charge in [0.2, 0.25) is 0 Å². The zero-order chi connectivity index (χ0) is 14.0. The molecule has 1 aliphatic heterocycles. The number of benzene rings is 1. The Morgan fingerprint density at radius 3 is 2.53 bits per heavy atom. The first-order valence-electron chi connectivity index (χ1n) is 6.58. The van der Waals surface area contributed by atoms with Crippen molar-refractivity contribution in [1.29, 1.82) is 0 Å². The molecule has 1 saturated heterocycles. The molecule has 0 saturated carbocycles. The number of piperidine rings is 1. The summed E-state index contributed by atoms with van der Waals surface area (Å²) in [6.07, 6.45) is -0.348. The van der Waals surface area contributed by atoms with Crippen LogP contribution >= 0.6 is 0 Å². The van der Waals surface area contributed by atoms with Crippen molar-refractivity contribution in [2.24, 2.45) is 11.8 Å². The van der Waals surface area contributed by atoms with Crippen molar-refractivity contribution in [3.63, 3.8) is 0 Å². The van der Waals surface area contributed by atoms with E-state index in [0.29, 0.717) is 13.0 Å². The second kappa shape index (κ2) is 5.43. The van der Waals surface area contributed by atoms with Gasteiger partial charge in [-0.25, -0.2) is 4.79 Å². The minimum atomic E-state index is -0.938. The van der Waals surface area contributed by atoms with Crippen molar-refractivity contribution >= 4 is 11.9 Å². The number of carboxylic acid groups (broad SMARTS) is 1. The Balaban J connectivity index is 2.23. The molecular formula is C15H19NO3. The Morgan fingerprint density at radius 1 is 1.32 bits per heavy atom. The van der Waals surface area contributed by atoms with E-state index in [1.54, 1.807) is 6.92 Å². The third kappa shape index (κ3) is 2.78. The van der Waals surface area contributed by atoms with E-state index < -0.39 is 6.09 Å². The summed E-state index contributed by atoms with van der Waals surface area (Å²) in [4.78, 5) is 24.9. The molecular weight excluding hydrogens is 242 g/mol. The number of hydrogen-bond donors (Lipinski definition) is 1. The Labute approximate surface area is 113 Å². The molecule has 1 heterocycles. The van der Waals surface area contributed by atoms with Gasteiger partial charge in [-0.2, -0.15) is 0 Å². The van der Waals surface area contributed by atoms with E-state index >= 15 is 0 Å². The summed E-state index contributed by atoms with van der Waals surface area (Å²) in [6, 6.07) is 9.46. The summed E-state index contributed by atoms with van der Waals surface area (Å²) in [6.45, 7) is 3.94. The van der Waals surface area contributed by atoms with Crippen LogP contribution < -0.4 is 0 Å². The number of carbonyl (C=O) groups excluding carboxylic acids is 1. The number of nitrogens with zero attached hydrogens (tertiary/aromatic N) is 1. The van der Waals surface area contributed by atoms with E-state index in [9.17, 15) is 14.7 Å². The lowest BCUT2D eigenvalue weighted by Gasteiger charge is -2.40. The number of amides is 1. The first kappa shape index (κ1) is 13.6. The SMILES string of the molecule is C[C@H]1CN(C(=O)O)C(Cc2ccccc2)[C@@H](C)C1=O. The summed E-state index contributed by atoms with van der Waals surface area (Å²) in [5.74, 6) is -0.295. The largest absolute Gasteiger partial charge is 0.465 e. The predicted octanol–water partition coefficient (Wildman–Crippen LogP) is 2.43. The fraction of sp³-hybridized carbons (Fsp3) is 0.467. The second-order valence-electron chi connectivity index (χ2n) is 5.28. The van der Waals surface area contributed by atoms with E-state index in [2.05, 4.69) is 0 Å². The first-order chi connectivity index (χ1) is 9.00. The lowest BCUT2D eigenvalue weighted by atomic mass is 9.81. The molecule has 102 valence electrons. The van der Waals surface area contributed by atoms with Gasteiger partial charge in [-0.3, -0.25) is 4.79 Å². The van der Waals surface area contributed by atoms with Crippen molar-refractivity contribution in [1.82, 2.24) is 4.90 Å². The fourth-order valence-corrected chi connectivity index (χ4v) is 2.79. The topological polar surface area (TPSA) is 57.6 Å². The first-order valence-corrected chi connectivity index (χ1v) is 6.58. The highest BCUT2D eigenvalue weighted by Gasteiger charge is 2.40. The monoisotopic (exact) mass is 261 g/mol. The van der Waals surface area contributed by atoms with Crippen molar-refractivity contribution < 1.29 is 14.7 Å². The Kier molecular flexibility index (Phi) is 3.88. The Bertz CT molecular complexity index is 472. The zero-order valence-electron chi connectivity index (χ0n) is 11.2. The van der Waals surface area contributed by atoms with Crippen LogP contribution in [0.5, 0.6) is 0 Å². The standard InChI is InChI=1S/C15H19NO3/c1-10-9-16(15(18)19)13(11(2)14(10)17)8-12-6-4-3-5-7-12/h3-7,10-11,13H,8-9H2,1-2H3,(H,18,19)/t10-,11+,13?/m0/s1. The van der Waals surface area contributed by atoms with Crippen LogP contribution in [0.2, 0.25) is 0 Å². The summed E-state index contributed by atoms with van der Waals surface area (Å²) in [7, 11) is 0. The molecule has 1 fully saturated rings. The summed E-state index contributed by atoms with van der Waals surface area (Å²) in [5.41, 5.74) is 1.06. The highest BCUT2D eigenvalue weighted by molar-refractivity contribution is 5.86. The smallest absolute Gasteiger partial charge is 0.407 e. The fourth-order valence-electron chi connectivity index (χ4n) is 2.79. The minimum Gasteiger partial charge on any atom is -0.465 e. The molecule has 0 radical (unpaired) electrons. The van der Waals surface area contributed by atoms with Crippen LogP contribution in [0.3, 0.4) is 0 Å². The zero-order valence-corrected chi connectivity index (χ0v) is 11.2. The van der Waals surface area contributed by atoms with Crippen molar-refractivity contribution in [3.05, 3.63) is 35.9 Å². The van der Waals surface area contributed by atoms with Gasteiger partial charge in [0.15, 0.2) is 0 Å². The molecule has 1 unspecified atom stereocenters. The highest BCUT2D eigenvalue weighted by atomic mass is 16.4. The molecule has 0 bridgehead atoms. The molecule has 1 amide bonds. The molecule has 19 heavy (non-hydrogen) atoms. The maximum absolute atomic E-state index is 12.1. The Morgan fingerprint density at radius 2 is 1.95 bits per heavy atom. The minimum absolute atomic E-state index is 0.165. The van der Waals surface area contributed by atoms with E-state index in [0.717, 1.165) is 5.56 Å². The average Bonchev–Trinajstić information content (AvgIpc) is 2.40. The maximum Gasteiger partial charge on any atom is 0.407 e. The van der Waals surface area contributed by atoms with Gasteiger partial charge in [-0.1, -0.05) is 44.2 Å². The van der Waals surface area contributed by atoms with E-state index in [1.165, 1.54) is 4.90 Å². The van der Waals surface area contributed by atoms with Gasteiger partial charge in [0.25, 0.3) is 0 Å². The molecule has 0 aliphatic carbocycles. The van der Waals surface area contributed by atoms with Crippen LogP contribution in [0.15, 0.2) is 30.3 Å². The average molecular weight is 261 g/mol. The van der Waals surface area contributed by atoms with Gasteiger partial charge in [0.05, 0.1) is 0 Å². The van der Waals surface area contributed by atoms with Crippen LogP contribution in [0, 0.1) is 11.8 Å². The normalized spacial score (nSPS) is 27.4. The van der Waals surface area contributed by atoms with Gasteiger partial charge in [0.1, 0.15) is 5.78 Å². The van der Waals surface area contributed by atoms with Crippen LogP contribution in [0.1, 0.15) is 19.4 Å². The van der Waals surface area contributed by atoms with Crippen molar-refractivity contribution in [2.45, 2.75) is 26.3 Å². The highest BCUT2D eigenvalue weighted by Crippen LogP contribution is 2.27. The summed E-state index contributed by atoms with van der Waals surface area (Å²) < 4.78 is 0. The van der Waals surface area contributed by atoms with E-state index in [4.69, 9.17) is 0 Å². The molecule has 1 aromatic rings. The molecule has 0 spiro atoms. The summed E-state index contributed by atoms with van der Waals surface area (Å²) in [5, 5.41) is 9.32. The third-order valence-electron chi connectivity index (χ3n) is 3.92. The van der Waals surface area contributed by atoms with Gasteiger partial charge in [0, 0.05) is 24.4 Å². The molecule has 4 heteroatoms. The second-order valence-corrected chi connectivity index (χ2v) is 5.28. The summed E-state index contributed by atoms with van der Waals surface area (Å²) >= 11 is 0. The number of likely N-dealkylation sites (tertiary alicyclic amines) is 1. The lowest BCUT2D eigenvalue weighted by molar-refractivity contribution is -0.132. The van der Waals surface area contributed by atoms with Crippen molar-refractivity contribution in [2.75, 3.05) is 6.54 Å². The van der Waals surface area contributed by atoms with Crippen LogP contribution in [-0.2, 0) is 11.2 Å². The van der Waals surface area contributed by atoms with Crippen LogP contribution in [0.25, 0.3) is 0 Å². The molecule has 3 atom stereocenters. The van der Waals surface area contributed by atoms with Crippen LogP contribution in [-0.4, -0.2) is 34.5 Å². The molecule has 1 N–H and O–H groups in total. The molecule has 2 rings (SSSR count). The van der Waals surface area contributed by atoms with Gasteiger partial charge in [-0.15, -0.1) is 0 Å². The lowest BCUT2D eigenvalue weighted by Crippen LogP contribution is -2.55. The molecule has 4 nitrogen and oxygen atoms in total. The number of carbonyl (C=O) groups is 2. The number of hydrogen-bond acceptors (Lipinski definition) is 2. The third-order valence-corrected chi connectivity index (χ3v) is 3.92.